The monoisotopic (exact) mass is 369 g/mol. The number of hydrogen-bond donors (Lipinski definition) is 1. The molecule has 0 spiro atoms. The second kappa shape index (κ2) is 10.3. The summed E-state index contributed by atoms with van der Waals surface area (Å²) >= 11 is 6.03. The smallest absolute Gasteiger partial charge is 0.407 e. The van der Waals surface area contributed by atoms with Gasteiger partial charge in [-0.3, -0.25) is 0 Å². The lowest BCUT2D eigenvalue weighted by atomic mass is 9.93. The molecule has 1 aliphatic carbocycles. The number of halogens is 1. The lowest BCUT2D eigenvalue weighted by Gasteiger charge is -2.28. The van der Waals surface area contributed by atoms with E-state index < -0.39 is 6.09 Å². The van der Waals surface area contributed by atoms with Crippen molar-refractivity contribution in [3.05, 3.63) is 34.9 Å². The van der Waals surface area contributed by atoms with E-state index in [9.17, 15) is 9.59 Å². The number of amides is 1. The molecule has 0 atom stereocenters. The summed E-state index contributed by atoms with van der Waals surface area (Å²) in [6.07, 6.45) is 2.43. The van der Waals surface area contributed by atoms with Crippen molar-refractivity contribution in [2.45, 2.75) is 51.4 Å². The van der Waals surface area contributed by atoms with Gasteiger partial charge in [0.15, 0.2) is 0 Å². The van der Waals surface area contributed by atoms with Crippen molar-refractivity contribution in [1.82, 2.24) is 5.32 Å². The molecule has 0 radical (unpaired) electrons. The van der Waals surface area contributed by atoms with E-state index in [-0.39, 0.29) is 31.3 Å². The molecule has 25 heavy (non-hydrogen) atoms. The highest BCUT2D eigenvalue weighted by Gasteiger charge is 2.25. The first-order valence-corrected chi connectivity index (χ1v) is 8.90. The maximum atomic E-state index is 11.9. The Hall–Kier alpha value is -1.79. The molecule has 1 aromatic rings. The van der Waals surface area contributed by atoms with Crippen LogP contribution in [-0.2, 0) is 25.6 Å². The van der Waals surface area contributed by atoms with Crippen LogP contribution in [0, 0.1) is 0 Å². The Bertz CT molecular complexity index is 572. The first-order valence-electron chi connectivity index (χ1n) is 8.52. The first kappa shape index (κ1) is 19.5. The van der Waals surface area contributed by atoms with Crippen molar-refractivity contribution in [1.29, 1.82) is 0 Å². The molecular formula is C18H24ClNO5. The zero-order valence-corrected chi connectivity index (χ0v) is 15.1. The molecule has 0 aliphatic heterocycles. The van der Waals surface area contributed by atoms with E-state index in [0.29, 0.717) is 24.5 Å². The molecule has 1 aliphatic rings. The summed E-state index contributed by atoms with van der Waals surface area (Å²) in [7, 11) is 0. The average molecular weight is 370 g/mol. The Morgan fingerprint density at radius 2 is 1.92 bits per heavy atom. The van der Waals surface area contributed by atoms with Gasteiger partial charge in [-0.1, -0.05) is 29.8 Å². The van der Waals surface area contributed by atoms with Crippen molar-refractivity contribution >= 4 is 23.7 Å². The SMILES string of the molecule is CCOC(=O)NC1CCC(OC(=O)COCc2ccccc2Cl)CC1. The number of benzene rings is 1. The molecule has 0 bridgehead atoms. The fourth-order valence-electron chi connectivity index (χ4n) is 2.74. The van der Waals surface area contributed by atoms with Crippen molar-refractivity contribution in [3.8, 4) is 0 Å². The molecule has 1 fully saturated rings. The van der Waals surface area contributed by atoms with E-state index >= 15 is 0 Å². The van der Waals surface area contributed by atoms with E-state index in [0.717, 1.165) is 18.4 Å². The predicted molar refractivity (Wildman–Crippen MR) is 93.4 cm³/mol. The second-order valence-electron chi connectivity index (χ2n) is 5.91. The molecule has 0 aromatic heterocycles. The Labute approximate surface area is 152 Å². The zero-order valence-electron chi connectivity index (χ0n) is 14.3. The van der Waals surface area contributed by atoms with Crippen LogP contribution in [0.4, 0.5) is 4.79 Å². The number of carbonyl (C=O) groups excluding carboxylic acids is 2. The van der Waals surface area contributed by atoms with Gasteiger partial charge in [0.1, 0.15) is 12.7 Å². The van der Waals surface area contributed by atoms with E-state index in [4.69, 9.17) is 25.8 Å². The van der Waals surface area contributed by atoms with E-state index in [1.165, 1.54) is 0 Å². The van der Waals surface area contributed by atoms with Gasteiger partial charge in [-0.25, -0.2) is 9.59 Å². The van der Waals surface area contributed by atoms with Crippen LogP contribution in [0.2, 0.25) is 5.02 Å². The molecule has 138 valence electrons. The van der Waals surface area contributed by atoms with Gasteiger partial charge < -0.3 is 19.5 Å². The topological polar surface area (TPSA) is 73.9 Å². The standard InChI is InChI=1S/C18H24ClNO5/c1-2-24-18(22)20-14-7-9-15(10-8-14)25-17(21)12-23-11-13-5-3-4-6-16(13)19/h3-6,14-15H,2,7-12H2,1H3,(H,20,22). The lowest BCUT2D eigenvalue weighted by molar-refractivity contribution is -0.156. The van der Waals surface area contributed by atoms with Crippen LogP contribution in [0.3, 0.4) is 0 Å². The average Bonchev–Trinajstić information content (AvgIpc) is 2.58. The molecule has 1 N–H and O–H groups in total. The summed E-state index contributed by atoms with van der Waals surface area (Å²) in [4.78, 5) is 23.2. The van der Waals surface area contributed by atoms with Crippen molar-refractivity contribution < 1.29 is 23.8 Å². The molecule has 1 saturated carbocycles. The fraction of sp³-hybridized carbons (Fsp3) is 0.556. The summed E-state index contributed by atoms with van der Waals surface area (Å²) in [6.45, 7) is 2.29. The van der Waals surface area contributed by atoms with Gasteiger partial charge in [0.25, 0.3) is 0 Å². The third-order valence-electron chi connectivity index (χ3n) is 4.01. The third kappa shape index (κ3) is 6.92. The Kier molecular flexibility index (Phi) is 8.01. The van der Waals surface area contributed by atoms with Gasteiger partial charge in [-0.15, -0.1) is 0 Å². The highest BCUT2D eigenvalue weighted by molar-refractivity contribution is 6.31. The minimum absolute atomic E-state index is 0.0745. The quantitative estimate of drug-likeness (QED) is 0.745. The summed E-state index contributed by atoms with van der Waals surface area (Å²) in [5.41, 5.74) is 0.836. The van der Waals surface area contributed by atoms with Gasteiger partial charge in [0.2, 0.25) is 0 Å². The summed E-state index contributed by atoms with van der Waals surface area (Å²) in [6, 6.07) is 7.41. The van der Waals surface area contributed by atoms with E-state index in [2.05, 4.69) is 5.32 Å². The number of nitrogens with one attached hydrogen (secondary N) is 1. The maximum Gasteiger partial charge on any atom is 0.407 e. The van der Waals surface area contributed by atoms with Crippen molar-refractivity contribution in [3.63, 3.8) is 0 Å². The van der Waals surface area contributed by atoms with Gasteiger partial charge in [0, 0.05) is 11.1 Å². The van der Waals surface area contributed by atoms with Gasteiger partial charge in [-0.2, -0.15) is 0 Å². The molecule has 7 heteroatoms. The van der Waals surface area contributed by atoms with Crippen molar-refractivity contribution in [2.75, 3.05) is 13.2 Å². The highest BCUT2D eigenvalue weighted by atomic mass is 35.5. The number of carbonyl (C=O) groups is 2. The molecule has 0 unspecified atom stereocenters. The Morgan fingerprint density at radius 1 is 1.20 bits per heavy atom. The minimum Gasteiger partial charge on any atom is -0.461 e. The van der Waals surface area contributed by atoms with Crippen LogP contribution in [-0.4, -0.2) is 37.4 Å². The summed E-state index contributed by atoms with van der Waals surface area (Å²) in [5, 5.41) is 3.43. The predicted octanol–water partition coefficient (Wildman–Crippen LogP) is 3.46. The maximum absolute atomic E-state index is 11.9. The fourth-order valence-corrected chi connectivity index (χ4v) is 2.93. The Balaban J connectivity index is 1.62. The summed E-state index contributed by atoms with van der Waals surface area (Å²) in [5.74, 6) is -0.381. The summed E-state index contributed by atoms with van der Waals surface area (Å²) < 4.78 is 15.7. The van der Waals surface area contributed by atoms with Gasteiger partial charge in [0.05, 0.1) is 13.2 Å². The minimum atomic E-state index is -0.393. The highest BCUT2D eigenvalue weighted by Crippen LogP contribution is 2.21. The van der Waals surface area contributed by atoms with Crippen LogP contribution in [0.15, 0.2) is 24.3 Å². The molecule has 6 nitrogen and oxygen atoms in total. The van der Waals surface area contributed by atoms with Gasteiger partial charge in [-0.05, 0) is 44.2 Å². The number of rotatable bonds is 7. The second-order valence-corrected chi connectivity index (χ2v) is 6.32. The first-order chi connectivity index (χ1) is 12.1. The van der Waals surface area contributed by atoms with Crippen molar-refractivity contribution in [2.24, 2.45) is 0 Å². The molecule has 0 saturated heterocycles. The van der Waals surface area contributed by atoms with Crippen LogP contribution in [0.25, 0.3) is 0 Å². The molecule has 0 heterocycles. The van der Waals surface area contributed by atoms with Crippen LogP contribution in [0.5, 0.6) is 0 Å². The van der Waals surface area contributed by atoms with Crippen LogP contribution >= 0.6 is 11.6 Å². The van der Waals surface area contributed by atoms with Crippen LogP contribution < -0.4 is 5.32 Å². The number of alkyl carbamates (subject to hydrolysis) is 1. The third-order valence-corrected chi connectivity index (χ3v) is 4.37. The molecule has 1 amide bonds. The van der Waals surface area contributed by atoms with E-state index in [1.54, 1.807) is 13.0 Å². The largest absolute Gasteiger partial charge is 0.461 e. The number of ether oxygens (including phenoxy) is 3. The van der Waals surface area contributed by atoms with E-state index in [1.807, 2.05) is 18.2 Å². The lowest BCUT2D eigenvalue weighted by Crippen LogP contribution is -2.39. The zero-order chi connectivity index (χ0) is 18.1. The Morgan fingerprint density at radius 3 is 2.60 bits per heavy atom. The molecular weight excluding hydrogens is 346 g/mol. The van der Waals surface area contributed by atoms with Gasteiger partial charge >= 0.3 is 12.1 Å². The number of esters is 1. The molecule has 1 aromatic carbocycles. The number of hydrogen-bond acceptors (Lipinski definition) is 5. The molecule has 2 rings (SSSR count). The van der Waals surface area contributed by atoms with Crippen LogP contribution in [0.1, 0.15) is 38.2 Å². The normalized spacial score (nSPS) is 19.9.